The molecule has 0 aliphatic heterocycles. The van der Waals surface area contributed by atoms with E-state index in [2.05, 4.69) is 0 Å². The maximum absolute atomic E-state index is 13.0. The van der Waals surface area contributed by atoms with Crippen LogP contribution >= 0.6 is 0 Å². The summed E-state index contributed by atoms with van der Waals surface area (Å²) in [5.41, 5.74) is -7.76. The second-order valence-corrected chi connectivity index (χ2v) is 4.76. The van der Waals surface area contributed by atoms with Gasteiger partial charge in [-0.25, -0.2) is 17.6 Å². The van der Waals surface area contributed by atoms with Gasteiger partial charge in [0.2, 0.25) is 0 Å². The highest BCUT2D eigenvalue weighted by atomic mass is 32.2. The minimum atomic E-state index is -6.33. The molecule has 0 atom stereocenters. The molecule has 20 heavy (non-hydrogen) atoms. The SMILES string of the molecule is O=S(=O)(/N=C(\[O-])c1cc(F)c(F)c(F)c1F)C(F)(F)F. The maximum Gasteiger partial charge on any atom is 0.518 e. The van der Waals surface area contributed by atoms with Crippen LogP contribution in [0.2, 0.25) is 0 Å². The topological polar surface area (TPSA) is 69.6 Å². The van der Waals surface area contributed by atoms with E-state index in [9.17, 15) is 44.3 Å². The molecule has 0 N–H and O–H groups in total. The molecule has 0 bridgehead atoms. The summed E-state index contributed by atoms with van der Waals surface area (Å²) in [6.07, 6.45) is 0. The Morgan fingerprint density at radius 2 is 1.55 bits per heavy atom. The van der Waals surface area contributed by atoms with E-state index >= 15 is 0 Å². The Bertz CT molecular complexity index is 680. The molecule has 1 aromatic carbocycles. The maximum atomic E-state index is 13.0. The molecule has 0 radical (unpaired) electrons. The van der Waals surface area contributed by atoms with Crippen LogP contribution in [-0.4, -0.2) is 19.8 Å². The van der Waals surface area contributed by atoms with Gasteiger partial charge in [0.05, 0.1) is 0 Å². The number of sulfonamides is 1. The highest BCUT2D eigenvalue weighted by Crippen LogP contribution is 2.25. The van der Waals surface area contributed by atoms with Gasteiger partial charge in [0.1, 0.15) is 0 Å². The molecule has 1 aromatic rings. The van der Waals surface area contributed by atoms with Crippen LogP contribution in [0.5, 0.6) is 0 Å². The lowest BCUT2D eigenvalue weighted by atomic mass is 10.2. The number of hydrogen-bond acceptors (Lipinski definition) is 3. The van der Waals surface area contributed by atoms with Gasteiger partial charge in [0, 0.05) is 11.5 Å². The van der Waals surface area contributed by atoms with Gasteiger partial charge in [0.25, 0.3) is 0 Å². The second kappa shape index (κ2) is 4.92. The number of hydrogen-bond donors (Lipinski definition) is 0. The average molecular weight is 324 g/mol. The van der Waals surface area contributed by atoms with Crippen LogP contribution in [-0.2, 0) is 10.0 Å². The first-order chi connectivity index (χ1) is 8.88. The Morgan fingerprint density at radius 3 is 2.00 bits per heavy atom. The van der Waals surface area contributed by atoms with Crippen LogP contribution in [0.3, 0.4) is 0 Å². The van der Waals surface area contributed by atoms with E-state index in [-0.39, 0.29) is 6.07 Å². The molecule has 4 nitrogen and oxygen atoms in total. The molecule has 0 spiro atoms. The Morgan fingerprint density at radius 1 is 1.05 bits per heavy atom. The summed E-state index contributed by atoms with van der Waals surface area (Å²) >= 11 is 0. The number of alkyl halides is 3. The Kier molecular flexibility index (Phi) is 3.99. The standard InChI is InChI=1S/C8H2F7NO3S/c9-3-1-2(4(10)6(12)5(3)11)7(17)16-20(18,19)8(13,14)15/h1H,(H,16,17)/p-1. The number of halogens is 7. The van der Waals surface area contributed by atoms with E-state index in [1.807, 2.05) is 0 Å². The fraction of sp³-hybridized carbons (Fsp3) is 0.125. The van der Waals surface area contributed by atoms with Crippen molar-refractivity contribution in [3.63, 3.8) is 0 Å². The van der Waals surface area contributed by atoms with Crippen LogP contribution < -0.4 is 5.11 Å². The molecule has 0 saturated carbocycles. The molecular formula is C8HF7NO3S-. The Labute approximate surface area is 106 Å². The van der Waals surface area contributed by atoms with Gasteiger partial charge in [-0.15, -0.1) is 0 Å². The lowest BCUT2D eigenvalue weighted by Gasteiger charge is -2.13. The van der Waals surface area contributed by atoms with E-state index in [4.69, 9.17) is 0 Å². The van der Waals surface area contributed by atoms with Crippen molar-refractivity contribution in [2.45, 2.75) is 5.51 Å². The quantitative estimate of drug-likeness (QED) is 0.270. The van der Waals surface area contributed by atoms with Crippen molar-refractivity contribution in [2.24, 2.45) is 4.40 Å². The fourth-order valence-corrected chi connectivity index (χ4v) is 1.36. The van der Waals surface area contributed by atoms with Crippen molar-refractivity contribution in [2.75, 3.05) is 0 Å². The normalized spacial score (nSPS) is 13.7. The first-order valence-corrected chi connectivity index (χ1v) is 5.74. The summed E-state index contributed by atoms with van der Waals surface area (Å²) in [6, 6.07) is -0.314. The van der Waals surface area contributed by atoms with E-state index in [1.165, 1.54) is 0 Å². The molecule has 0 fully saturated rings. The fourth-order valence-electron chi connectivity index (χ4n) is 0.939. The lowest BCUT2D eigenvalue weighted by Crippen LogP contribution is -2.28. The van der Waals surface area contributed by atoms with Gasteiger partial charge in [-0.05, 0) is 6.07 Å². The van der Waals surface area contributed by atoms with Gasteiger partial charge >= 0.3 is 15.5 Å². The smallest absolute Gasteiger partial charge is 0.518 e. The number of nitrogens with zero attached hydrogens (tertiary/aromatic N) is 1. The molecule has 1 rings (SSSR count). The predicted molar refractivity (Wildman–Crippen MR) is 47.8 cm³/mol. The third-order valence-corrected chi connectivity index (χ3v) is 2.82. The van der Waals surface area contributed by atoms with Crippen molar-refractivity contribution in [3.05, 3.63) is 34.9 Å². The molecule has 0 aromatic heterocycles. The summed E-state index contributed by atoms with van der Waals surface area (Å²) in [5, 5.41) is 11.0. The molecule has 0 unspecified atom stereocenters. The van der Waals surface area contributed by atoms with Gasteiger partial charge in [0.15, 0.2) is 23.3 Å². The molecule has 0 saturated heterocycles. The second-order valence-electron chi connectivity index (χ2n) is 3.17. The van der Waals surface area contributed by atoms with E-state index in [0.29, 0.717) is 0 Å². The first kappa shape index (κ1) is 16.2. The van der Waals surface area contributed by atoms with Crippen LogP contribution in [0.15, 0.2) is 10.5 Å². The summed E-state index contributed by atoms with van der Waals surface area (Å²) < 4.78 is 109. The highest BCUT2D eigenvalue weighted by molar-refractivity contribution is 7.91. The van der Waals surface area contributed by atoms with E-state index in [0.717, 1.165) is 0 Å². The Balaban J connectivity index is 3.48. The van der Waals surface area contributed by atoms with Crippen LogP contribution in [0.25, 0.3) is 0 Å². The molecule has 112 valence electrons. The lowest BCUT2D eigenvalue weighted by molar-refractivity contribution is -0.212. The Hall–Kier alpha value is -1.85. The summed E-state index contributed by atoms with van der Waals surface area (Å²) in [4.78, 5) is 0. The summed E-state index contributed by atoms with van der Waals surface area (Å²) in [5.74, 6) is -11.7. The zero-order valence-corrected chi connectivity index (χ0v) is 9.62. The summed E-state index contributed by atoms with van der Waals surface area (Å²) in [6.45, 7) is 0. The first-order valence-electron chi connectivity index (χ1n) is 4.30. The third kappa shape index (κ3) is 2.84. The average Bonchev–Trinajstić information content (AvgIpc) is 2.29. The predicted octanol–water partition coefficient (Wildman–Crippen LogP) is 1.20. The van der Waals surface area contributed by atoms with Crippen LogP contribution in [0, 0.1) is 23.3 Å². The van der Waals surface area contributed by atoms with Crippen molar-refractivity contribution in [1.82, 2.24) is 0 Å². The molecule has 0 heterocycles. The molecule has 12 heteroatoms. The minimum absolute atomic E-state index is 0.314. The van der Waals surface area contributed by atoms with Gasteiger partial charge in [-0.1, -0.05) is 0 Å². The largest absolute Gasteiger partial charge is 0.858 e. The van der Waals surface area contributed by atoms with Crippen molar-refractivity contribution in [3.8, 4) is 0 Å². The molecule has 0 amide bonds. The van der Waals surface area contributed by atoms with Crippen molar-refractivity contribution >= 4 is 15.9 Å². The van der Waals surface area contributed by atoms with Gasteiger partial charge < -0.3 is 5.11 Å². The van der Waals surface area contributed by atoms with E-state index in [1.54, 1.807) is 4.40 Å². The molecular weight excluding hydrogens is 323 g/mol. The molecule has 0 aliphatic rings. The third-order valence-electron chi connectivity index (χ3n) is 1.83. The van der Waals surface area contributed by atoms with E-state index < -0.39 is 50.3 Å². The van der Waals surface area contributed by atoms with Crippen molar-refractivity contribution < 1.29 is 44.3 Å². The van der Waals surface area contributed by atoms with Gasteiger partial charge in [-0.2, -0.15) is 26.0 Å². The van der Waals surface area contributed by atoms with Crippen LogP contribution in [0.1, 0.15) is 5.56 Å². The number of rotatable bonds is 2. The minimum Gasteiger partial charge on any atom is -0.858 e. The van der Waals surface area contributed by atoms with Gasteiger partial charge in [-0.3, -0.25) is 0 Å². The number of benzene rings is 1. The van der Waals surface area contributed by atoms with Crippen molar-refractivity contribution in [1.29, 1.82) is 0 Å². The summed E-state index contributed by atoms with van der Waals surface area (Å²) in [7, 11) is -6.33. The highest BCUT2D eigenvalue weighted by Gasteiger charge is 2.45. The zero-order chi connectivity index (χ0) is 15.9. The zero-order valence-electron chi connectivity index (χ0n) is 8.80. The molecule has 0 aliphatic carbocycles. The monoisotopic (exact) mass is 324 g/mol. The van der Waals surface area contributed by atoms with Crippen LogP contribution in [0.4, 0.5) is 30.7 Å².